The number of hydrogen-bond donors (Lipinski definition) is 1. The Morgan fingerprint density at radius 1 is 1.16 bits per heavy atom. The van der Waals surface area contributed by atoms with Crippen molar-refractivity contribution in [3.8, 4) is 5.75 Å². The molecule has 108 valence electrons. The number of methoxy groups -OCH3 is 1. The number of benzene rings is 1. The SMILES string of the molecule is COc1cc(C)c(C(N(C)C)C(C)(C)N)c(C)c1C. The summed E-state index contributed by atoms with van der Waals surface area (Å²) in [6.07, 6.45) is 0. The quantitative estimate of drug-likeness (QED) is 0.908. The fraction of sp³-hybridized carbons (Fsp3) is 0.625. The summed E-state index contributed by atoms with van der Waals surface area (Å²) >= 11 is 0. The number of ether oxygens (including phenoxy) is 1. The second-order valence-electron chi connectivity index (χ2n) is 6.25. The van der Waals surface area contributed by atoms with E-state index in [4.69, 9.17) is 10.5 Å². The molecule has 1 unspecified atom stereocenters. The molecular weight excluding hydrogens is 236 g/mol. The lowest BCUT2D eigenvalue weighted by Crippen LogP contribution is -2.46. The van der Waals surface area contributed by atoms with Crippen molar-refractivity contribution in [1.29, 1.82) is 0 Å². The van der Waals surface area contributed by atoms with Crippen LogP contribution in [0.2, 0.25) is 0 Å². The van der Waals surface area contributed by atoms with Gasteiger partial charge in [0.05, 0.1) is 13.2 Å². The van der Waals surface area contributed by atoms with Crippen LogP contribution in [0, 0.1) is 20.8 Å². The minimum Gasteiger partial charge on any atom is -0.496 e. The number of rotatable bonds is 4. The Bertz CT molecular complexity index is 459. The minimum absolute atomic E-state index is 0.178. The summed E-state index contributed by atoms with van der Waals surface area (Å²) in [5.74, 6) is 0.950. The first-order valence-corrected chi connectivity index (χ1v) is 6.71. The highest BCUT2D eigenvalue weighted by molar-refractivity contribution is 5.50. The fourth-order valence-corrected chi connectivity index (χ4v) is 2.99. The van der Waals surface area contributed by atoms with Gasteiger partial charge >= 0.3 is 0 Å². The van der Waals surface area contributed by atoms with Crippen LogP contribution < -0.4 is 10.5 Å². The standard InChI is InChI=1S/C16H28N2O/c1-10-9-13(19-8)11(2)12(3)14(10)15(18(6)7)16(4,5)17/h9,15H,17H2,1-8H3. The zero-order valence-corrected chi connectivity index (χ0v) is 13.6. The Morgan fingerprint density at radius 3 is 2.05 bits per heavy atom. The lowest BCUT2D eigenvalue weighted by Gasteiger charge is -2.38. The third kappa shape index (κ3) is 3.10. The van der Waals surface area contributed by atoms with Gasteiger partial charge in [-0.25, -0.2) is 0 Å². The smallest absolute Gasteiger partial charge is 0.122 e. The molecule has 0 spiro atoms. The van der Waals surface area contributed by atoms with Crippen LogP contribution >= 0.6 is 0 Å². The van der Waals surface area contributed by atoms with Crippen molar-refractivity contribution in [3.63, 3.8) is 0 Å². The molecule has 1 rings (SSSR count). The van der Waals surface area contributed by atoms with Crippen molar-refractivity contribution < 1.29 is 4.74 Å². The maximum atomic E-state index is 6.40. The average molecular weight is 264 g/mol. The van der Waals surface area contributed by atoms with E-state index in [0.29, 0.717) is 0 Å². The van der Waals surface area contributed by atoms with E-state index in [-0.39, 0.29) is 11.6 Å². The molecule has 3 heteroatoms. The average Bonchev–Trinajstić information content (AvgIpc) is 2.26. The molecule has 2 N–H and O–H groups in total. The molecule has 1 aromatic rings. The van der Waals surface area contributed by atoms with Gasteiger partial charge in [0.25, 0.3) is 0 Å². The third-order valence-corrected chi connectivity index (χ3v) is 3.82. The molecule has 0 saturated heterocycles. The molecule has 19 heavy (non-hydrogen) atoms. The van der Waals surface area contributed by atoms with Crippen LogP contribution in [-0.2, 0) is 0 Å². The molecule has 1 aromatic carbocycles. The van der Waals surface area contributed by atoms with Crippen molar-refractivity contribution in [2.24, 2.45) is 5.73 Å². The van der Waals surface area contributed by atoms with Gasteiger partial charge in [-0.05, 0) is 77.0 Å². The number of hydrogen-bond acceptors (Lipinski definition) is 3. The molecule has 0 aliphatic rings. The van der Waals surface area contributed by atoms with E-state index in [1.807, 2.05) is 0 Å². The summed E-state index contributed by atoms with van der Waals surface area (Å²) in [5, 5.41) is 0. The predicted molar refractivity (Wildman–Crippen MR) is 81.9 cm³/mol. The second-order valence-corrected chi connectivity index (χ2v) is 6.25. The van der Waals surface area contributed by atoms with E-state index >= 15 is 0 Å². The van der Waals surface area contributed by atoms with Gasteiger partial charge in [-0.15, -0.1) is 0 Å². The molecule has 0 bridgehead atoms. The summed E-state index contributed by atoms with van der Waals surface area (Å²) in [6, 6.07) is 2.29. The lowest BCUT2D eigenvalue weighted by atomic mass is 9.82. The van der Waals surface area contributed by atoms with Gasteiger partial charge in [0.15, 0.2) is 0 Å². The monoisotopic (exact) mass is 264 g/mol. The van der Waals surface area contributed by atoms with E-state index in [2.05, 4.69) is 59.7 Å². The normalized spacial score (nSPS) is 13.8. The highest BCUT2D eigenvalue weighted by Gasteiger charge is 2.31. The number of aryl methyl sites for hydroxylation is 1. The molecule has 0 aromatic heterocycles. The molecule has 0 amide bonds. The fourth-order valence-electron chi connectivity index (χ4n) is 2.99. The van der Waals surface area contributed by atoms with Crippen LogP contribution in [0.5, 0.6) is 5.75 Å². The van der Waals surface area contributed by atoms with Gasteiger partial charge in [0.2, 0.25) is 0 Å². The molecule has 3 nitrogen and oxygen atoms in total. The van der Waals surface area contributed by atoms with Crippen molar-refractivity contribution in [1.82, 2.24) is 4.90 Å². The summed E-state index contributed by atoms with van der Waals surface area (Å²) < 4.78 is 5.44. The van der Waals surface area contributed by atoms with E-state index < -0.39 is 0 Å². The Kier molecular flexibility index (Phi) is 4.64. The highest BCUT2D eigenvalue weighted by Crippen LogP contribution is 2.37. The first kappa shape index (κ1) is 16.0. The maximum Gasteiger partial charge on any atom is 0.122 e. The van der Waals surface area contributed by atoms with Gasteiger partial charge in [0.1, 0.15) is 5.75 Å². The van der Waals surface area contributed by atoms with Gasteiger partial charge in [0, 0.05) is 5.54 Å². The Balaban J connectivity index is 3.53. The van der Waals surface area contributed by atoms with E-state index in [1.165, 1.54) is 22.3 Å². The summed E-state index contributed by atoms with van der Waals surface area (Å²) in [4.78, 5) is 2.20. The first-order valence-electron chi connectivity index (χ1n) is 6.71. The van der Waals surface area contributed by atoms with E-state index in [0.717, 1.165) is 5.75 Å². The molecule has 0 heterocycles. The minimum atomic E-state index is -0.306. The Hall–Kier alpha value is -1.06. The van der Waals surface area contributed by atoms with Crippen molar-refractivity contribution in [2.75, 3.05) is 21.2 Å². The van der Waals surface area contributed by atoms with Crippen molar-refractivity contribution >= 4 is 0 Å². The first-order chi connectivity index (χ1) is 8.61. The lowest BCUT2D eigenvalue weighted by molar-refractivity contribution is 0.203. The van der Waals surface area contributed by atoms with Gasteiger partial charge in [-0.1, -0.05) is 0 Å². The molecule has 0 fully saturated rings. The Morgan fingerprint density at radius 2 is 1.68 bits per heavy atom. The van der Waals surface area contributed by atoms with E-state index in [1.54, 1.807) is 7.11 Å². The van der Waals surface area contributed by atoms with Gasteiger partial charge in [-0.2, -0.15) is 0 Å². The molecule has 0 aliphatic carbocycles. The number of nitrogens with zero attached hydrogens (tertiary/aromatic N) is 1. The van der Waals surface area contributed by atoms with Crippen LogP contribution in [-0.4, -0.2) is 31.6 Å². The predicted octanol–water partition coefficient (Wildman–Crippen LogP) is 2.96. The zero-order chi connectivity index (χ0) is 15.0. The van der Waals surface area contributed by atoms with Gasteiger partial charge < -0.3 is 15.4 Å². The maximum absolute atomic E-state index is 6.40. The molecular formula is C16H28N2O. The summed E-state index contributed by atoms with van der Waals surface area (Å²) in [7, 11) is 5.88. The van der Waals surface area contributed by atoms with Gasteiger partial charge in [-0.3, -0.25) is 0 Å². The van der Waals surface area contributed by atoms with Crippen LogP contribution in [0.15, 0.2) is 6.07 Å². The van der Waals surface area contributed by atoms with Crippen LogP contribution in [0.3, 0.4) is 0 Å². The third-order valence-electron chi connectivity index (χ3n) is 3.82. The molecule has 0 saturated carbocycles. The van der Waals surface area contributed by atoms with Crippen LogP contribution in [0.1, 0.15) is 42.1 Å². The zero-order valence-electron chi connectivity index (χ0n) is 13.6. The van der Waals surface area contributed by atoms with Crippen LogP contribution in [0.4, 0.5) is 0 Å². The number of nitrogens with two attached hydrogens (primary N) is 1. The second kappa shape index (κ2) is 5.51. The number of likely N-dealkylation sites (N-methyl/N-ethyl adjacent to an activating group) is 1. The van der Waals surface area contributed by atoms with Crippen LogP contribution in [0.25, 0.3) is 0 Å². The Labute approximate surface area is 117 Å². The summed E-state index contributed by atoms with van der Waals surface area (Å²) in [5.41, 5.74) is 11.1. The largest absolute Gasteiger partial charge is 0.496 e. The van der Waals surface area contributed by atoms with Crippen molar-refractivity contribution in [3.05, 3.63) is 28.3 Å². The highest BCUT2D eigenvalue weighted by atomic mass is 16.5. The molecule has 1 atom stereocenters. The topological polar surface area (TPSA) is 38.5 Å². The van der Waals surface area contributed by atoms with Crippen molar-refractivity contribution in [2.45, 2.75) is 46.2 Å². The molecule has 0 radical (unpaired) electrons. The van der Waals surface area contributed by atoms with E-state index in [9.17, 15) is 0 Å². The molecule has 0 aliphatic heterocycles. The summed E-state index contributed by atoms with van der Waals surface area (Å²) in [6.45, 7) is 10.6.